The van der Waals surface area contributed by atoms with Crippen LogP contribution in [0.25, 0.3) is 11.3 Å². The third-order valence-corrected chi connectivity index (χ3v) is 6.61. The van der Waals surface area contributed by atoms with Gasteiger partial charge in [0.2, 0.25) is 0 Å². The van der Waals surface area contributed by atoms with Crippen LogP contribution in [0.15, 0.2) is 59.9 Å². The minimum absolute atomic E-state index is 0.0866. The summed E-state index contributed by atoms with van der Waals surface area (Å²) in [6.07, 6.45) is 4.01. The molecule has 0 spiro atoms. The summed E-state index contributed by atoms with van der Waals surface area (Å²) in [4.78, 5) is 4.46. The number of aliphatic hydroxyl groups excluding tert-OH is 1. The SMILES string of the molecule is CS(=O)(=O)c1ccc2c(c1)OC[C@@H](C1c3ccccc3-c3cncn31)[C@H]2O. The van der Waals surface area contributed by atoms with Crippen LogP contribution in [0.1, 0.15) is 23.3 Å². The molecule has 0 fully saturated rings. The molecule has 3 heterocycles. The van der Waals surface area contributed by atoms with Gasteiger partial charge in [-0.25, -0.2) is 13.4 Å². The van der Waals surface area contributed by atoms with E-state index in [2.05, 4.69) is 21.7 Å². The van der Waals surface area contributed by atoms with Gasteiger partial charge < -0.3 is 14.4 Å². The normalized spacial score (nSPS) is 23.3. The number of ether oxygens (including phenoxy) is 1. The van der Waals surface area contributed by atoms with Crippen LogP contribution in [0.3, 0.4) is 0 Å². The predicted molar refractivity (Wildman–Crippen MR) is 99.3 cm³/mol. The fourth-order valence-electron chi connectivity index (χ4n) is 4.20. The van der Waals surface area contributed by atoms with E-state index < -0.39 is 15.9 Å². The fourth-order valence-corrected chi connectivity index (χ4v) is 4.83. The number of imidazole rings is 1. The molecular formula is C20H18N2O4S. The summed E-state index contributed by atoms with van der Waals surface area (Å²) in [5.74, 6) is 0.219. The van der Waals surface area contributed by atoms with Crippen molar-refractivity contribution in [2.24, 2.45) is 5.92 Å². The van der Waals surface area contributed by atoms with E-state index in [-0.39, 0.29) is 23.5 Å². The molecule has 3 atom stereocenters. The number of fused-ring (bicyclic) bond motifs is 4. The minimum Gasteiger partial charge on any atom is -0.493 e. The first kappa shape index (κ1) is 16.5. The molecule has 0 saturated carbocycles. The summed E-state index contributed by atoms with van der Waals surface area (Å²) >= 11 is 0. The Kier molecular flexibility index (Phi) is 3.47. The average molecular weight is 382 g/mol. The van der Waals surface area contributed by atoms with Crippen molar-refractivity contribution >= 4 is 9.84 Å². The largest absolute Gasteiger partial charge is 0.493 e. The van der Waals surface area contributed by atoms with Gasteiger partial charge in [0.1, 0.15) is 5.75 Å². The standard InChI is InChI=1S/C20H18N2O4S/c1-27(24,25)12-6-7-15-18(8-12)26-10-16(20(15)23)19-14-5-3-2-4-13(14)17-9-21-11-22(17)19/h2-9,11,16,19-20,23H,10H2,1H3/t16-,19?,20-/m0/s1. The van der Waals surface area contributed by atoms with E-state index >= 15 is 0 Å². The molecule has 0 radical (unpaired) electrons. The van der Waals surface area contributed by atoms with Gasteiger partial charge in [-0.3, -0.25) is 0 Å². The Morgan fingerprint density at radius 1 is 1.19 bits per heavy atom. The number of nitrogens with zero attached hydrogens (tertiary/aromatic N) is 2. The summed E-state index contributed by atoms with van der Waals surface area (Å²) in [5, 5.41) is 11.1. The van der Waals surface area contributed by atoms with Crippen molar-refractivity contribution in [3.8, 4) is 17.0 Å². The first-order valence-corrected chi connectivity index (χ1v) is 10.6. The molecule has 2 aromatic carbocycles. The van der Waals surface area contributed by atoms with E-state index in [1.165, 1.54) is 12.1 Å². The van der Waals surface area contributed by atoms with Crippen LogP contribution in [0.2, 0.25) is 0 Å². The van der Waals surface area contributed by atoms with Gasteiger partial charge in [0, 0.05) is 23.3 Å². The van der Waals surface area contributed by atoms with Gasteiger partial charge in [0.05, 0.1) is 41.9 Å². The van der Waals surface area contributed by atoms with Crippen molar-refractivity contribution in [1.29, 1.82) is 0 Å². The first-order valence-electron chi connectivity index (χ1n) is 8.71. The zero-order valence-electron chi connectivity index (χ0n) is 14.6. The zero-order valence-corrected chi connectivity index (χ0v) is 15.4. The molecule has 1 aromatic heterocycles. The van der Waals surface area contributed by atoms with E-state index in [4.69, 9.17) is 4.74 Å². The van der Waals surface area contributed by atoms with Crippen molar-refractivity contribution < 1.29 is 18.3 Å². The second kappa shape index (κ2) is 5.68. The van der Waals surface area contributed by atoms with Crippen LogP contribution in [-0.2, 0) is 9.84 Å². The molecule has 0 saturated heterocycles. The summed E-state index contributed by atoms with van der Waals surface area (Å²) in [6.45, 7) is 0.290. The number of aliphatic hydroxyl groups is 1. The number of aromatic nitrogens is 2. The van der Waals surface area contributed by atoms with Crippen molar-refractivity contribution in [2.75, 3.05) is 12.9 Å². The Morgan fingerprint density at radius 3 is 2.81 bits per heavy atom. The zero-order chi connectivity index (χ0) is 18.8. The van der Waals surface area contributed by atoms with Crippen LogP contribution in [0, 0.1) is 5.92 Å². The van der Waals surface area contributed by atoms with Crippen molar-refractivity contribution in [2.45, 2.75) is 17.0 Å². The number of benzene rings is 2. The molecule has 0 bridgehead atoms. The Labute approximate surface area is 157 Å². The van der Waals surface area contributed by atoms with Gasteiger partial charge in [0.25, 0.3) is 0 Å². The molecule has 1 unspecified atom stereocenters. The van der Waals surface area contributed by atoms with Crippen LogP contribution >= 0.6 is 0 Å². The Balaban J connectivity index is 1.57. The van der Waals surface area contributed by atoms with Crippen LogP contribution in [0.4, 0.5) is 0 Å². The lowest BCUT2D eigenvalue weighted by atomic mass is 9.84. The average Bonchev–Trinajstić information content (AvgIpc) is 3.22. The quantitative estimate of drug-likeness (QED) is 0.737. The smallest absolute Gasteiger partial charge is 0.175 e. The lowest BCUT2D eigenvalue weighted by molar-refractivity contribution is 0.0310. The predicted octanol–water partition coefficient (Wildman–Crippen LogP) is 2.60. The molecule has 2 aliphatic heterocycles. The van der Waals surface area contributed by atoms with Gasteiger partial charge >= 0.3 is 0 Å². The highest BCUT2D eigenvalue weighted by atomic mass is 32.2. The maximum Gasteiger partial charge on any atom is 0.175 e. The van der Waals surface area contributed by atoms with Gasteiger partial charge in [-0.1, -0.05) is 30.3 Å². The van der Waals surface area contributed by atoms with E-state index in [1.807, 2.05) is 18.3 Å². The molecular weight excluding hydrogens is 364 g/mol. The summed E-state index contributed by atoms with van der Waals surface area (Å²) in [5.41, 5.74) is 3.90. The lowest BCUT2D eigenvalue weighted by Crippen LogP contribution is -2.33. The number of hydrogen-bond acceptors (Lipinski definition) is 5. The molecule has 6 nitrogen and oxygen atoms in total. The van der Waals surface area contributed by atoms with Crippen molar-refractivity contribution in [1.82, 2.24) is 9.55 Å². The second-order valence-electron chi connectivity index (χ2n) is 7.11. The molecule has 2 aliphatic rings. The van der Waals surface area contributed by atoms with Crippen LogP contribution < -0.4 is 4.74 Å². The molecule has 138 valence electrons. The minimum atomic E-state index is -3.33. The molecule has 5 rings (SSSR count). The molecule has 0 amide bonds. The first-order chi connectivity index (χ1) is 12.9. The van der Waals surface area contributed by atoms with Crippen molar-refractivity contribution in [3.05, 3.63) is 66.1 Å². The topological polar surface area (TPSA) is 81.4 Å². The summed E-state index contributed by atoms with van der Waals surface area (Å²) < 4.78 is 31.6. The molecule has 27 heavy (non-hydrogen) atoms. The van der Waals surface area contributed by atoms with E-state index in [0.717, 1.165) is 23.1 Å². The van der Waals surface area contributed by atoms with E-state index in [1.54, 1.807) is 12.4 Å². The molecule has 1 N–H and O–H groups in total. The Morgan fingerprint density at radius 2 is 2.00 bits per heavy atom. The molecule has 3 aromatic rings. The third kappa shape index (κ3) is 2.42. The fraction of sp³-hybridized carbons (Fsp3) is 0.250. The van der Waals surface area contributed by atoms with Gasteiger partial charge in [0.15, 0.2) is 9.84 Å². The van der Waals surface area contributed by atoms with Crippen molar-refractivity contribution in [3.63, 3.8) is 0 Å². The highest BCUT2D eigenvalue weighted by Crippen LogP contribution is 2.49. The molecule has 0 aliphatic carbocycles. The maximum absolute atomic E-state index is 11.8. The lowest BCUT2D eigenvalue weighted by Gasteiger charge is -2.35. The van der Waals surface area contributed by atoms with Gasteiger partial charge in [-0.15, -0.1) is 0 Å². The number of hydrogen-bond donors (Lipinski definition) is 1. The van der Waals surface area contributed by atoms with Crippen LogP contribution in [-0.4, -0.2) is 35.9 Å². The highest BCUT2D eigenvalue weighted by Gasteiger charge is 2.41. The van der Waals surface area contributed by atoms with E-state index in [0.29, 0.717) is 11.3 Å². The van der Waals surface area contributed by atoms with Crippen LogP contribution in [0.5, 0.6) is 5.75 Å². The monoisotopic (exact) mass is 382 g/mol. The third-order valence-electron chi connectivity index (χ3n) is 5.50. The Hall–Kier alpha value is -2.64. The number of rotatable bonds is 2. The maximum atomic E-state index is 11.8. The molecule has 7 heteroatoms. The second-order valence-corrected chi connectivity index (χ2v) is 9.13. The van der Waals surface area contributed by atoms with Gasteiger partial charge in [-0.05, 0) is 17.7 Å². The Bertz CT molecular complexity index is 1150. The summed E-state index contributed by atoms with van der Waals surface area (Å²) in [7, 11) is -3.33. The van der Waals surface area contributed by atoms with Gasteiger partial charge in [-0.2, -0.15) is 0 Å². The highest BCUT2D eigenvalue weighted by molar-refractivity contribution is 7.90. The summed E-state index contributed by atoms with van der Waals surface area (Å²) in [6, 6.07) is 12.7. The number of sulfone groups is 1. The van der Waals surface area contributed by atoms with E-state index in [9.17, 15) is 13.5 Å².